The van der Waals surface area contributed by atoms with Crippen LogP contribution in [0.1, 0.15) is 25.3 Å². The van der Waals surface area contributed by atoms with E-state index < -0.39 is 0 Å². The normalized spacial score (nSPS) is 16.9. The number of amides is 1. The molecule has 0 saturated heterocycles. The molecule has 0 atom stereocenters. The maximum Gasteiger partial charge on any atom is 0.239 e. The fraction of sp³-hybridized carbons (Fsp3) is 0.429. The second-order valence-corrected chi connectivity index (χ2v) is 4.54. The molecule has 1 heterocycles. The minimum atomic E-state index is 0.0155. The number of carbonyl (C=O) groups excluding carboxylic acids is 1. The lowest BCUT2D eigenvalue weighted by Crippen LogP contribution is -2.37. The summed E-state index contributed by atoms with van der Waals surface area (Å²) < 4.78 is 0. The molecular formula is C14H19N3O2. The van der Waals surface area contributed by atoms with Gasteiger partial charge in [-0.1, -0.05) is 23.4 Å². The van der Waals surface area contributed by atoms with Gasteiger partial charge in [0.15, 0.2) is 0 Å². The number of oxime groups is 1. The highest BCUT2D eigenvalue weighted by molar-refractivity contribution is 6.05. The third kappa shape index (κ3) is 3.05. The first-order chi connectivity index (χ1) is 9.26. The Morgan fingerprint density at radius 1 is 1.47 bits per heavy atom. The van der Waals surface area contributed by atoms with Crippen molar-refractivity contribution in [1.82, 2.24) is 5.32 Å². The summed E-state index contributed by atoms with van der Waals surface area (Å²) >= 11 is 0. The minimum Gasteiger partial charge on any atom is -0.411 e. The van der Waals surface area contributed by atoms with E-state index in [1.165, 1.54) is 0 Å². The molecule has 0 fully saturated rings. The SMILES string of the molecule is CCNC(=O)CN1CCC/C(=N/O)c2ccccc21. The van der Waals surface area contributed by atoms with Gasteiger partial charge >= 0.3 is 0 Å². The summed E-state index contributed by atoms with van der Waals surface area (Å²) in [6, 6.07) is 7.75. The number of likely N-dealkylation sites (N-methyl/N-ethyl adjacent to an activating group) is 1. The van der Waals surface area contributed by atoms with Crippen LogP contribution in [0.3, 0.4) is 0 Å². The van der Waals surface area contributed by atoms with E-state index in [2.05, 4.69) is 10.5 Å². The van der Waals surface area contributed by atoms with Crippen LogP contribution in [0.2, 0.25) is 0 Å². The van der Waals surface area contributed by atoms with Crippen molar-refractivity contribution in [3.63, 3.8) is 0 Å². The molecule has 2 rings (SSSR count). The number of carbonyl (C=O) groups is 1. The lowest BCUT2D eigenvalue weighted by Gasteiger charge is -2.23. The van der Waals surface area contributed by atoms with Crippen molar-refractivity contribution in [2.24, 2.45) is 5.16 Å². The molecule has 1 amide bonds. The predicted octanol–water partition coefficient (Wildman–Crippen LogP) is 1.60. The molecule has 2 N–H and O–H groups in total. The Balaban J connectivity index is 2.28. The van der Waals surface area contributed by atoms with Crippen LogP contribution in [0.4, 0.5) is 5.69 Å². The van der Waals surface area contributed by atoms with Crippen molar-refractivity contribution in [1.29, 1.82) is 0 Å². The standard InChI is InChI=1S/C14H19N3O2/c1-2-15-14(18)10-17-9-5-7-12(16-19)11-6-3-4-8-13(11)17/h3-4,6,8,19H,2,5,7,9-10H2,1H3,(H,15,18)/b16-12-. The van der Waals surface area contributed by atoms with Gasteiger partial charge in [-0.2, -0.15) is 0 Å². The van der Waals surface area contributed by atoms with Crippen molar-refractivity contribution in [3.8, 4) is 0 Å². The molecule has 1 aliphatic heterocycles. The summed E-state index contributed by atoms with van der Waals surface area (Å²) in [6.45, 7) is 3.67. The Bertz CT molecular complexity index is 485. The Hall–Kier alpha value is -2.04. The van der Waals surface area contributed by atoms with Crippen molar-refractivity contribution >= 4 is 17.3 Å². The quantitative estimate of drug-likeness (QED) is 0.641. The van der Waals surface area contributed by atoms with Gasteiger partial charge in [0.2, 0.25) is 5.91 Å². The number of nitrogens with zero attached hydrogens (tertiary/aromatic N) is 2. The van der Waals surface area contributed by atoms with E-state index in [1.807, 2.05) is 36.1 Å². The lowest BCUT2D eigenvalue weighted by atomic mass is 10.1. The highest BCUT2D eigenvalue weighted by Gasteiger charge is 2.20. The Morgan fingerprint density at radius 3 is 3.00 bits per heavy atom. The first kappa shape index (κ1) is 13.4. The van der Waals surface area contributed by atoms with Crippen molar-refractivity contribution in [2.75, 3.05) is 24.5 Å². The summed E-state index contributed by atoms with van der Waals surface area (Å²) in [4.78, 5) is 13.8. The van der Waals surface area contributed by atoms with E-state index in [9.17, 15) is 4.79 Å². The van der Waals surface area contributed by atoms with E-state index in [1.54, 1.807) is 0 Å². The topological polar surface area (TPSA) is 64.9 Å². The maximum atomic E-state index is 11.8. The van der Waals surface area contributed by atoms with E-state index in [-0.39, 0.29) is 5.91 Å². The van der Waals surface area contributed by atoms with Crippen LogP contribution < -0.4 is 10.2 Å². The molecule has 102 valence electrons. The molecule has 1 aromatic rings. The van der Waals surface area contributed by atoms with Gasteiger partial charge in [-0.15, -0.1) is 0 Å². The molecule has 0 saturated carbocycles. The summed E-state index contributed by atoms with van der Waals surface area (Å²) in [5, 5.41) is 15.3. The first-order valence-electron chi connectivity index (χ1n) is 6.58. The van der Waals surface area contributed by atoms with Gasteiger partial charge < -0.3 is 15.4 Å². The van der Waals surface area contributed by atoms with Gasteiger partial charge in [0, 0.05) is 24.3 Å². The third-order valence-corrected chi connectivity index (χ3v) is 3.23. The summed E-state index contributed by atoms with van der Waals surface area (Å²) in [5.74, 6) is 0.0155. The number of benzene rings is 1. The highest BCUT2D eigenvalue weighted by atomic mass is 16.4. The lowest BCUT2D eigenvalue weighted by molar-refractivity contribution is -0.119. The molecule has 5 nitrogen and oxygen atoms in total. The highest BCUT2D eigenvalue weighted by Crippen LogP contribution is 2.26. The number of hydrogen-bond acceptors (Lipinski definition) is 4. The van der Waals surface area contributed by atoms with E-state index >= 15 is 0 Å². The van der Waals surface area contributed by atoms with Gasteiger partial charge in [0.25, 0.3) is 0 Å². The summed E-state index contributed by atoms with van der Waals surface area (Å²) in [6.07, 6.45) is 1.59. The smallest absolute Gasteiger partial charge is 0.239 e. The first-order valence-corrected chi connectivity index (χ1v) is 6.58. The van der Waals surface area contributed by atoms with Crippen LogP contribution in [-0.2, 0) is 4.79 Å². The zero-order chi connectivity index (χ0) is 13.7. The molecule has 19 heavy (non-hydrogen) atoms. The molecule has 1 aliphatic rings. The second kappa shape index (κ2) is 6.22. The number of para-hydroxylation sites is 1. The van der Waals surface area contributed by atoms with Crippen LogP contribution >= 0.6 is 0 Å². The predicted molar refractivity (Wildman–Crippen MR) is 74.9 cm³/mol. The Morgan fingerprint density at radius 2 is 2.26 bits per heavy atom. The Kier molecular flexibility index (Phi) is 4.39. The number of anilines is 1. The van der Waals surface area contributed by atoms with Gasteiger partial charge in [0.1, 0.15) is 0 Å². The molecular weight excluding hydrogens is 242 g/mol. The van der Waals surface area contributed by atoms with Crippen molar-refractivity contribution in [3.05, 3.63) is 29.8 Å². The maximum absolute atomic E-state index is 11.8. The van der Waals surface area contributed by atoms with Crippen LogP contribution in [0.5, 0.6) is 0 Å². The zero-order valence-corrected chi connectivity index (χ0v) is 11.1. The Labute approximate surface area is 112 Å². The average molecular weight is 261 g/mol. The number of fused-ring (bicyclic) bond motifs is 1. The summed E-state index contributed by atoms with van der Waals surface area (Å²) in [7, 11) is 0. The second-order valence-electron chi connectivity index (χ2n) is 4.54. The van der Waals surface area contributed by atoms with Crippen LogP contribution in [0.25, 0.3) is 0 Å². The molecule has 1 aromatic carbocycles. The minimum absolute atomic E-state index is 0.0155. The fourth-order valence-electron chi connectivity index (χ4n) is 2.38. The molecule has 5 heteroatoms. The largest absolute Gasteiger partial charge is 0.411 e. The van der Waals surface area contributed by atoms with E-state index in [0.717, 1.165) is 30.6 Å². The molecule has 0 bridgehead atoms. The molecule has 0 spiro atoms. The molecule has 0 aliphatic carbocycles. The molecule has 0 radical (unpaired) electrons. The monoisotopic (exact) mass is 261 g/mol. The number of hydrogen-bond donors (Lipinski definition) is 2. The van der Waals surface area contributed by atoms with Gasteiger partial charge in [-0.05, 0) is 25.8 Å². The third-order valence-electron chi connectivity index (χ3n) is 3.23. The van der Waals surface area contributed by atoms with E-state index in [4.69, 9.17) is 5.21 Å². The van der Waals surface area contributed by atoms with Gasteiger partial charge in [-0.3, -0.25) is 4.79 Å². The average Bonchev–Trinajstić information content (AvgIpc) is 2.59. The fourth-order valence-corrected chi connectivity index (χ4v) is 2.38. The van der Waals surface area contributed by atoms with Gasteiger partial charge in [-0.25, -0.2) is 0 Å². The zero-order valence-electron chi connectivity index (χ0n) is 11.1. The molecule has 0 aromatic heterocycles. The van der Waals surface area contributed by atoms with Crippen LogP contribution in [0.15, 0.2) is 29.4 Å². The molecule has 0 unspecified atom stereocenters. The number of nitrogens with one attached hydrogen (secondary N) is 1. The van der Waals surface area contributed by atoms with Gasteiger partial charge in [0.05, 0.1) is 12.3 Å². The van der Waals surface area contributed by atoms with Crippen molar-refractivity contribution < 1.29 is 10.0 Å². The summed E-state index contributed by atoms with van der Waals surface area (Å²) in [5.41, 5.74) is 2.56. The van der Waals surface area contributed by atoms with Crippen LogP contribution in [-0.4, -0.2) is 36.5 Å². The van der Waals surface area contributed by atoms with E-state index in [0.29, 0.717) is 18.8 Å². The van der Waals surface area contributed by atoms with Crippen LogP contribution in [0, 0.1) is 0 Å². The van der Waals surface area contributed by atoms with Crippen molar-refractivity contribution in [2.45, 2.75) is 19.8 Å². The number of rotatable bonds is 3.